The van der Waals surface area contributed by atoms with Crippen molar-refractivity contribution >= 4 is 17.4 Å². The predicted octanol–water partition coefficient (Wildman–Crippen LogP) is -0.893. The maximum absolute atomic E-state index is 12.5. The van der Waals surface area contributed by atoms with Crippen LogP contribution in [-0.2, 0) is 0 Å². The van der Waals surface area contributed by atoms with Gasteiger partial charge in [-0.25, -0.2) is 0 Å². The number of carboxylic acid groups (broad SMARTS) is 1. The molecule has 0 saturated carbocycles. The Labute approximate surface area is 158 Å². The Morgan fingerprint density at radius 1 is 0.913 bits per heavy atom. The van der Waals surface area contributed by atoms with Gasteiger partial charge in [0.05, 0.1) is 5.97 Å². The second-order valence-corrected chi connectivity index (χ2v) is 5.44. The number of ketones is 1. The number of benzene rings is 2. The van der Waals surface area contributed by atoms with E-state index in [9.17, 15) is 14.7 Å². The van der Waals surface area contributed by atoms with Gasteiger partial charge in [0.1, 0.15) is 0 Å². The zero-order valence-electron chi connectivity index (χ0n) is 13.9. The van der Waals surface area contributed by atoms with E-state index < -0.39 is 5.97 Å². The molecule has 4 nitrogen and oxygen atoms in total. The first kappa shape index (κ1) is 19.4. The van der Waals surface area contributed by atoms with Crippen LogP contribution in [0.25, 0.3) is 0 Å². The summed E-state index contributed by atoms with van der Waals surface area (Å²) in [5.41, 5.74) is 2.56. The monoisotopic (exact) mass is 319 g/mol. The van der Waals surface area contributed by atoms with Crippen molar-refractivity contribution in [1.29, 1.82) is 0 Å². The fourth-order valence-electron chi connectivity index (χ4n) is 2.23. The van der Waals surface area contributed by atoms with Crippen molar-refractivity contribution in [3.63, 3.8) is 0 Å². The molecule has 0 spiro atoms. The van der Waals surface area contributed by atoms with Gasteiger partial charge in [-0.1, -0.05) is 31.2 Å². The fourth-order valence-corrected chi connectivity index (χ4v) is 2.23. The first-order valence-electron chi connectivity index (χ1n) is 7.03. The normalized spacial score (nSPS) is 11.3. The summed E-state index contributed by atoms with van der Waals surface area (Å²) in [7, 11) is 3.89. The Balaban J connectivity index is 0.00000264. The number of anilines is 1. The number of nitrogens with zero attached hydrogens (tertiary/aromatic N) is 1. The first-order chi connectivity index (χ1) is 10.4. The zero-order valence-corrected chi connectivity index (χ0v) is 15.9. The second kappa shape index (κ2) is 8.29. The molecule has 23 heavy (non-hydrogen) atoms. The quantitative estimate of drug-likeness (QED) is 0.530. The van der Waals surface area contributed by atoms with Crippen molar-refractivity contribution < 1.29 is 44.3 Å². The van der Waals surface area contributed by atoms with Crippen molar-refractivity contribution in [2.24, 2.45) is 0 Å². The predicted molar refractivity (Wildman–Crippen MR) is 84.3 cm³/mol. The summed E-state index contributed by atoms with van der Waals surface area (Å²) in [5, 5.41) is 10.7. The second-order valence-electron chi connectivity index (χ2n) is 5.44. The molecule has 2 aromatic carbocycles. The van der Waals surface area contributed by atoms with Gasteiger partial charge in [0.25, 0.3) is 0 Å². The van der Waals surface area contributed by atoms with E-state index >= 15 is 0 Å². The molecule has 0 saturated heterocycles. The maximum atomic E-state index is 12.5. The fraction of sp³-hybridized carbons (Fsp3) is 0.222. The molecule has 0 N–H and O–H groups in total. The van der Waals surface area contributed by atoms with Gasteiger partial charge in [-0.05, 0) is 35.4 Å². The number of hydrogen-bond donors (Lipinski definition) is 0. The van der Waals surface area contributed by atoms with Gasteiger partial charge in [-0.15, -0.1) is 0 Å². The number of carbonyl (C=O) groups is 2. The average Bonchev–Trinajstić information content (AvgIpc) is 2.53. The molecule has 1 unspecified atom stereocenters. The number of carbonyl (C=O) groups excluding carboxylic acids is 2. The SMILES string of the molecule is CC(C(=O)c1ccc(N(C)C)cc1)c1ccc(C(=O)[O-])cc1.[Na+]. The molecule has 0 radical (unpaired) electrons. The number of carboxylic acids is 1. The largest absolute Gasteiger partial charge is 1.00 e. The summed E-state index contributed by atoms with van der Waals surface area (Å²) in [5.74, 6) is -1.54. The Kier molecular flexibility index (Phi) is 7.01. The van der Waals surface area contributed by atoms with Gasteiger partial charge >= 0.3 is 29.6 Å². The standard InChI is InChI=1S/C18H19NO3.Na/c1-12(13-4-6-15(7-5-13)18(21)22)17(20)14-8-10-16(11-9-14)19(2)3;/h4-12H,1-3H3,(H,21,22);/q;+1/p-1. The van der Waals surface area contributed by atoms with Gasteiger partial charge < -0.3 is 14.8 Å². The van der Waals surface area contributed by atoms with Gasteiger partial charge in [-0.3, -0.25) is 4.79 Å². The van der Waals surface area contributed by atoms with E-state index in [0.717, 1.165) is 11.3 Å². The number of hydrogen-bond acceptors (Lipinski definition) is 4. The van der Waals surface area contributed by atoms with Crippen LogP contribution < -0.4 is 39.6 Å². The van der Waals surface area contributed by atoms with Crippen LogP contribution in [0.2, 0.25) is 0 Å². The van der Waals surface area contributed by atoms with E-state index in [0.29, 0.717) is 5.56 Å². The summed E-state index contributed by atoms with van der Waals surface area (Å²) >= 11 is 0. The van der Waals surface area contributed by atoms with Gasteiger partial charge in [0.2, 0.25) is 0 Å². The minimum Gasteiger partial charge on any atom is -0.545 e. The van der Waals surface area contributed by atoms with Crippen LogP contribution in [0.1, 0.15) is 39.1 Å². The van der Waals surface area contributed by atoms with Crippen LogP contribution in [0.15, 0.2) is 48.5 Å². The third kappa shape index (κ3) is 4.67. The molecule has 2 rings (SSSR count). The minimum absolute atomic E-state index is 0. The Morgan fingerprint density at radius 2 is 1.39 bits per heavy atom. The van der Waals surface area contributed by atoms with Crippen molar-refractivity contribution in [3.05, 3.63) is 65.2 Å². The molecule has 0 bridgehead atoms. The Hall–Kier alpha value is -1.62. The molecular weight excluding hydrogens is 301 g/mol. The molecule has 1 atom stereocenters. The van der Waals surface area contributed by atoms with Crippen LogP contribution >= 0.6 is 0 Å². The van der Waals surface area contributed by atoms with Crippen molar-refractivity contribution in [2.45, 2.75) is 12.8 Å². The van der Waals surface area contributed by atoms with Crippen molar-refractivity contribution in [1.82, 2.24) is 0 Å². The first-order valence-corrected chi connectivity index (χ1v) is 7.03. The summed E-state index contributed by atoms with van der Waals surface area (Å²) in [4.78, 5) is 25.2. The topological polar surface area (TPSA) is 60.4 Å². The van der Waals surface area contributed by atoms with E-state index in [1.54, 1.807) is 12.1 Å². The summed E-state index contributed by atoms with van der Waals surface area (Å²) in [6, 6.07) is 13.7. The van der Waals surface area contributed by atoms with E-state index in [2.05, 4.69) is 0 Å². The van der Waals surface area contributed by atoms with E-state index in [1.165, 1.54) is 12.1 Å². The molecule has 0 heterocycles. The van der Waals surface area contributed by atoms with Crippen LogP contribution in [-0.4, -0.2) is 25.8 Å². The van der Waals surface area contributed by atoms with Crippen LogP contribution in [0.3, 0.4) is 0 Å². The smallest absolute Gasteiger partial charge is 0.545 e. The molecule has 114 valence electrons. The summed E-state index contributed by atoms with van der Waals surface area (Å²) < 4.78 is 0. The van der Waals surface area contributed by atoms with E-state index in [1.807, 2.05) is 50.2 Å². The maximum Gasteiger partial charge on any atom is 1.00 e. The van der Waals surface area contributed by atoms with Gasteiger partial charge in [0, 0.05) is 31.3 Å². The van der Waals surface area contributed by atoms with Crippen LogP contribution in [0, 0.1) is 0 Å². The zero-order chi connectivity index (χ0) is 16.3. The molecule has 0 fully saturated rings. The molecule has 0 amide bonds. The van der Waals surface area contributed by atoms with Gasteiger partial charge in [0.15, 0.2) is 5.78 Å². The molecular formula is C18H18NNaO3. The van der Waals surface area contributed by atoms with Crippen LogP contribution in [0.5, 0.6) is 0 Å². The molecule has 5 heteroatoms. The molecule has 2 aromatic rings. The van der Waals surface area contributed by atoms with E-state index in [4.69, 9.17) is 0 Å². The minimum atomic E-state index is -1.22. The average molecular weight is 319 g/mol. The van der Waals surface area contributed by atoms with Crippen LogP contribution in [0.4, 0.5) is 5.69 Å². The summed E-state index contributed by atoms with van der Waals surface area (Å²) in [6.45, 7) is 1.82. The van der Waals surface area contributed by atoms with Crippen molar-refractivity contribution in [2.75, 3.05) is 19.0 Å². The van der Waals surface area contributed by atoms with E-state index in [-0.39, 0.29) is 46.8 Å². The number of aromatic carboxylic acids is 1. The Bertz CT molecular complexity index is 678. The third-order valence-corrected chi connectivity index (χ3v) is 3.71. The number of rotatable bonds is 5. The molecule has 0 aromatic heterocycles. The van der Waals surface area contributed by atoms with Crippen molar-refractivity contribution in [3.8, 4) is 0 Å². The summed E-state index contributed by atoms with van der Waals surface area (Å²) in [6.07, 6.45) is 0. The molecule has 0 aliphatic heterocycles. The molecule has 0 aliphatic carbocycles. The van der Waals surface area contributed by atoms with Gasteiger partial charge in [-0.2, -0.15) is 0 Å². The Morgan fingerprint density at radius 3 is 1.83 bits per heavy atom. The third-order valence-electron chi connectivity index (χ3n) is 3.71. The molecule has 0 aliphatic rings. The number of Topliss-reactive ketones (excluding diaryl/α,β-unsaturated/α-hetero) is 1.